The second-order valence-electron chi connectivity index (χ2n) is 3.41. The fourth-order valence-corrected chi connectivity index (χ4v) is 2.51. The van der Waals surface area contributed by atoms with E-state index in [1.165, 1.54) is 22.5 Å². The van der Waals surface area contributed by atoms with Gasteiger partial charge < -0.3 is 5.11 Å². The van der Waals surface area contributed by atoms with Gasteiger partial charge in [0, 0.05) is 5.75 Å². The Kier molecular flexibility index (Phi) is 4.51. The largest absolute Gasteiger partial charge is 0.394 e. The second-order valence-corrected chi connectivity index (χ2v) is 4.73. The first kappa shape index (κ1) is 13.3. The van der Waals surface area contributed by atoms with Crippen molar-refractivity contribution in [3.8, 4) is 0 Å². The van der Waals surface area contributed by atoms with Crippen LogP contribution >= 0.6 is 23.4 Å². The van der Waals surface area contributed by atoms with Gasteiger partial charge in [-0.15, -0.1) is 5.10 Å². The predicted molar refractivity (Wildman–Crippen MR) is 65.9 cm³/mol. The number of nitrogens with zero attached hydrogens (tertiary/aromatic N) is 4. The molecule has 0 aliphatic carbocycles. The van der Waals surface area contributed by atoms with E-state index in [1.807, 2.05) is 0 Å². The smallest absolute Gasteiger partial charge is 0.209 e. The summed E-state index contributed by atoms with van der Waals surface area (Å²) in [4.78, 5) is 0. The van der Waals surface area contributed by atoms with E-state index in [4.69, 9.17) is 16.7 Å². The van der Waals surface area contributed by atoms with Crippen LogP contribution in [-0.4, -0.2) is 31.9 Å². The van der Waals surface area contributed by atoms with Gasteiger partial charge in [0.25, 0.3) is 0 Å². The molecule has 0 spiro atoms. The average molecular weight is 289 g/mol. The normalized spacial score (nSPS) is 10.8. The van der Waals surface area contributed by atoms with Crippen LogP contribution in [0, 0.1) is 5.82 Å². The summed E-state index contributed by atoms with van der Waals surface area (Å²) in [6.45, 7) is 0.283. The number of aliphatic hydroxyl groups is 1. The van der Waals surface area contributed by atoms with Crippen LogP contribution in [0.3, 0.4) is 0 Å². The quantitative estimate of drug-likeness (QED) is 0.849. The molecule has 0 saturated heterocycles. The third-order valence-corrected chi connectivity index (χ3v) is 3.63. The van der Waals surface area contributed by atoms with Crippen LogP contribution in [-0.2, 0) is 12.3 Å². The van der Waals surface area contributed by atoms with Gasteiger partial charge in [-0.05, 0) is 22.1 Å². The number of aromatic nitrogens is 4. The maximum absolute atomic E-state index is 13.2. The molecule has 1 aromatic carbocycles. The molecule has 0 radical (unpaired) electrons. The summed E-state index contributed by atoms with van der Waals surface area (Å²) >= 11 is 7.18. The van der Waals surface area contributed by atoms with Crippen molar-refractivity contribution in [3.05, 3.63) is 34.6 Å². The molecule has 0 aliphatic heterocycles. The molecule has 1 aromatic heterocycles. The van der Waals surface area contributed by atoms with E-state index >= 15 is 0 Å². The molecule has 0 unspecified atom stereocenters. The highest BCUT2D eigenvalue weighted by atomic mass is 35.5. The Bertz CT molecular complexity index is 536. The minimum atomic E-state index is -0.440. The van der Waals surface area contributed by atoms with Gasteiger partial charge in [0.05, 0.1) is 18.2 Å². The van der Waals surface area contributed by atoms with Gasteiger partial charge in [-0.25, -0.2) is 9.07 Å². The molecule has 0 aliphatic rings. The Morgan fingerprint density at radius 2 is 2.28 bits per heavy atom. The zero-order chi connectivity index (χ0) is 13.0. The Morgan fingerprint density at radius 1 is 1.44 bits per heavy atom. The Hall–Kier alpha value is -1.18. The van der Waals surface area contributed by atoms with Crippen LogP contribution in [0.25, 0.3) is 0 Å². The molecule has 0 saturated carbocycles. The highest BCUT2D eigenvalue weighted by molar-refractivity contribution is 7.98. The number of aliphatic hydroxyl groups excluding tert-OH is 1. The molecule has 0 amide bonds. The minimum Gasteiger partial charge on any atom is -0.394 e. The SMILES string of the molecule is OCCn1nnnc1SCc1cccc(F)c1Cl. The summed E-state index contributed by atoms with van der Waals surface area (Å²) < 4.78 is 14.7. The zero-order valence-corrected chi connectivity index (χ0v) is 10.8. The van der Waals surface area contributed by atoms with E-state index in [9.17, 15) is 4.39 Å². The Morgan fingerprint density at radius 3 is 3.06 bits per heavy atom. The molecular formula is C10H10ClFN4OS. The van der Waals surface area contributed by atoms with E-state index in [-0.39, 0.29) is 11.6 Å². The molecule has 18 heavy (non-hydrogen) atoms. The van der Waals surface area contributed by atoms with Gasteiger partial charge in [-0.2, -0.15) is 0 Å². The van der Waals surface area contributed by atoms with Crippen molar-refractivity contribution in [2.75, 3.05) is 6.61 Å². The van der Waals surface area contributed by atoms with Gasteiger partial charge in [-0.1, -0.05) is 35.5 Å². The summed E-state index contributed by atoms with van der Waals surface area (Å²) in [7, 11) is 0. The van der Waals surface area contributed by atoms with Gasteiger partial charge in [0.1, 0.15) is 5.82 Å². The van der Waals surface area contributed by atoms with Crippen molar-refractivity contribution in [1.82, 2.24) is 20.2 Å². The summed E-state index contributed by atoms with van der Waals surface area (Å²) in [6.07, 6.45) is 0. The van der Waals surface area contributed by atoms with Crippen LogP contribution in [0.15, 0.2) is 23.4 Å². The van der Waals surface area contributed by atoms with E-state index in [1.54, 1.807) is 12.1 Å². The van der Waals surface area contributed by atoms with Crippen LogP contribution in [0.2, 0.25) is 5.02 Å². The Balaban J connectivity index is 2.07. The third kappa shape index (κ3) is 2.98. The summed E-state index contributed by atoms with van der Waals surface area (Å²) in [5.41, 5.74) is 0.681. The van der Waals surface area contributed by atoms with Crippen LogP contribution < -0.4 is 0 Å². The first-order valence-corrected chi connectivity index (χ1v) is 6.51. The van der Waals surface area contributed by atoms with Gasteiger partial charge in [0.15, 0.2) is 0 Å². The maximum Gasteiger partial charge on any atom is 0.209 e. The number of tetrazole rings is 1. The molecule has 0 fully saturated rings. The lowest BCUT2D eigenvalue weighted by Crippen LogP contribution is -2.05. The molecule has 2 aromatic rings. The van der Waals surface area contributed by atoms with Crippen molar-refractivity contribution in [3.63, 3.8) is 0 Å². The van der Waals surface area contributed by atoms with Gasteiger partial charge >= 0.3 is 0 Å². The summed E-state index contributed by atoms with van der Waals surface area (Å²) in [5, 5.41) is 20.6. The molecule has 0 atom stereocenters. The molecule has 1 N–H and O–H groups in total. The molecular weight excluding hydrogens is 279 g/mol. The van der Waals surface area contributed by atoms with Crippen molar-refractivity contribution in [2.24, 2.45) is 0 Å². The Labute approximate surface area is 112 Å². The van der Waals surface area contributed by atoms with Gasteiger partial charge in [0.2, 0.25) is 5.16 Å². The fourth-order valence-electron chi connectivity index (χ4n) is 1.34. The molecule has 8 heteroatoms. The van der Waals surface area contributed by atoms with Crippen LogP contribution in [0.5, 0.6) is 0 Å². The third-order valence-electron chi connectivity index (χ3n) is 2.20. The number of thioether (sulfide) groups is 1. The van der Waals surface area contributed by atoms with E-state index < -0.39 is 5.82 Å². The maximum atomic E-state index is 13.2. The van der Waals surface area contributed by atoms with Crippen LogP contribution in [0.1, 0.15) is 5.56 Å². The molecule has 5 nitrogen and oxygen atoms in total. The van der Waals surface area contributed by atoms with Crippen molar-refractivity contribution in [1.29, 1.82) is 0 Å². The number of halogens is 2. The van der Waals surface area contributed by atoms with Crippen molar-refractivity contribution in [2.45, 2.75) is 17.5 Å². The first-order chi connectivity index (χ1) is 8.72. The van der Waals surface area contributed by atoms with E-state index in [0.29, 0.717) is 23.0 Å². The lowest BCUT2D eigenvalue weighted by molar-refractivity contribution is 0.262. The lowest BCUT2D eigenvalue weighted by Gasteiger charge is -2.04. The predicted octanol–water partition coefficient (Wildman–Crippen LogP) is 1.75. The van der Waals surface area contributed by atoms with Crippen molar-refractivity contribution >= 4 is 23.4 Å². The average Bonchev–Trinajstić information content (AvgIpc) is 2.79. The highest BCUT2D eigenvalue weighted by Gasteiger charge is 2.10. The standard InChI is InChI=1S/C10H10ClFN4OS/c11-9-7(2-1-3-8(9)12)6-18-10-13-14-15-16(10)4-5-17/h1-3,17H,4-6H2. The number of hydrogen-bond donors (Lipinski definition) is 1. The fraction of sp³-hybridized carbons (Fsp3) is 0.300. The van der Waals surface area contributed by atoms with E-state index in [2.05, 4.69) is 15.5 Å². The second kappa shape index (κ2) is 6.12. The summed E-state index contributed by atoms with van der Waals surface area (Å²) in [5.74, 6) is 0.0206. The number of hydrogen-bond acceptors (Lipinski definition) is 5. The molecule has 2 rings (SSSR count). The minimum absolute atomic E-state index is 0.0423. The lowest BCUT2D eigenvalue weighted by atomic mass is 10.2. The number of benzene rings is 1. The molecule has 0 bridgehead atoms. The molecule has 1 heterocycles. The first-order valence-electron chi connectivity index (χ1n) is 5.15. The topological polar surface area (TPSA) is 63.8 Å². The van der Waals surface area contributed by atoms with Crippen LogP contribution in [0.4, 0.5) is 4.39 Å². The number of rotatable bonds is 5. The van der Waals surface area contributed by atoms with Crippen molar-refractivity contribution < 1.29 is 9.50 Å². The van der Waals surface area contributed by atoms with Gasteiger partial charge in [-0.3, -0.25) is 0 Å². The molecule has 96 valence electrons. The monoisotopic (exact) mass is 288 g/mol. The summed E-state index contributed by atoms with van der Waals surface area (Å²) in [6, 6.07) is 4.67. The van der Waals surface area contributed by atoms with E-state index in [0.717, 1.165) is 0 Å². The highest BCUT2D eigenvalue weighted by Crippen LogP contribution is 2.26. The zero-order valence-electron chi connectivity index (χ0n) is 9.25.